The zero-order valence-electron chi connectivity index (χ0n) is 11.3. The molecule has 2 fully saturated rings. The van der Waals surface area contributed by atoms with E-state index in [0.29, 0.717) is 0 Å². The predicted molar refractivity (Wildman–Crippen MR) is 69.5 cm³/mol. The van der Waals surface area contributed by atoms with Crippen molar-refractivity contribution in [3.8, 4) is 0 Å². The van der Waals surface area contributed by atoms with Crippen LogP contribution in [0.5, 0.6) is 0 Å². The van der Waals surface area contributed by atoms with E-state index in [4.69, 9.17) is 4.52 Å². The summed E-state index contributed by atoms with van der Waals surface area (Å²) >= 11 is 0. The molecule has 100 valence electrons. The maximum atomic E-state index is 5.21. The first kappa shape index (κ1) is 12.1. The van der Waals surface area contributed by atoms with Gasteiger partial charge in [0.25, 0.3) is 0 Å². The predicted octanol–water partition coefficient (Wildman–Crippen LogP) is 0.381. The number of aryl methyl sites for hydroxylation is 2. The minimum absolute atomic E-state index is 0.757. The molecule has 1 aromatic heterocycles. The fourth-order valence-electron chi connectivity index (χ4n) is 2.90. The van der Waals surface area contributed by atoms with Crippen molar-refractivity contribution in [3.05, 3.63) is 17.0 Å². The summed E-state index contributed by atoms with van der Waals surface area (Å²) in [4.78, 5) is 5.10. The molecule has 2 aliphatic rings. The molecule has 2 saturated heterocycles. The molecule has 1 N–H and O–H groups in total. The lowest BCUT2D eigenvalue weighted by atomic mass is 10.0. The number of hydrogen-bond acceptors (Lipinski definition) is 5. The maximum absolute atomic E-state index is 5.21. The molecule has 1 aromatic rings. The van der Waals surface area contributed by atoms with Crippen molar-refractivity contribution in [1.82, 2.24) is 20.3 Å². The standard InChI is InChI=1S/C13H22N4O/c1-10-13(11(2)18-15-10)9-16-7-12(8-16)17-5-3-14-4-6-17/h12,14H,3-9H2,1-2H3. The number of rotatable bonds is 3. The Labute approximate surface area is 108 Å². The van der Waals surface area contributed by atoms with Crippen LogP contribution in [0.1, 0.15) is 17.0 Å². The van der Waals surface area contributed by atoms with Crippen LogP contribution in [-0.4, -0.2) is 60.3 Å². The molecule has 3 heterocycles. The molecule has 0 aliphatic carbocycles. The van der Waals surface area contributed by atoms with Gasteiger partial charge in [0.1, 0.15) is 5.76 Å². The number of aromatic nitrogens is 1. The summed E-state index contributed by atoms with van der Waals surface area (Å²) in [5.41, 5.74) is 2.31. The lowest BCUT2D eigenvalue weighted by Crippen LogP contribution is -2.62. The summed E-state index contributed by atoms with van der Waals surface area (Å²) in [6, 6.07) is 0.757. The summed E-state index contributed by atoms with van der Waals surface area (Å²) in [6.07, 6.45) is 0. The van der Waals surface area contributed by atoms with Gasteiger partial charge in [0.2, 0.25) is 0 Å². The second kappa shape index (κ2) is 4.99. The van der Waals surface area contributed by atoms with Crippen LogP contribution >= 0.6 is 0 Å². The van der Waals surface area contributed by atoms with E-state index in [1.165, 1.54) is 31.7 Å². The Kier molecular flexibility index (Phi) is 3.37. The Morgan fingerprint density at radius 1 is 1.28 bits per heavy atom. The first-order valence-corrected chi connectivity index (χ1v) is 6.83. The summed E-state index contributed by atoms with van der Waals surface area (Å²) < 4.78 is 5.21. The Morgan fingerprint density at radius 2 is 2.00 bits per heavy atom. The Hall–Kier alpha value is -0.910. The van der Waals surface area contributed by atoms with Gasteiger partial charge in [0.05, 0.1) is 5.69 Å². The van der Waals surface area contributed by atoms with Crippen molar-refractivity contribution in [1.29, 1.82) is 0 Å². The van der Waals surface area contributed by atoms with Gasteiger partial charge in [-0.1, -0.05) is 5.16 Å². The third kappa shape index (κ3) is 2.30. The first-order valence-electron chi connectivity index (χ1n) is 6.83. The molecule has 2 aliphatic heterocycles. The van der Waals surface area contributed by atoms with Gasteiger partial charge in [-0.15, -0.1) is 0 Å². The van der Waals surface area contributed by atoms with Crippen molar-refractivity contribution < 1.29 is 4.52 Å². The van der Waals surface area contributed by atoms with Gasteiger partial charge in [-0.05, 0) is 13.8 Å². The van der Waals surface area contributed by atoms with E-state index < -0.39 is 0 Å². The summed E-state index contributed by atoms with van der Waals surface area (Å²) in [6.45, 7) is 12.1. The summed E-state index contributed by atoms with van der Waals surface area (Å²) in [7, 11) is 0. The van der Waals surface area contributed by atoms with Gasteiger partial charge < -0.3 is 9.84 Å². The van der Waals surface area contributed by atoms with Crippen LogP contribution in [0, 0.1) is 13.8 Å². The number of hydrogen-bond donors (Lipinski definition) is 1. The van der Waals surface area contributed by atoms with Crippen molar-refractivity contribution in [2.75, 3.05) is 39.3 Å². The van der Waals surface area contributed by atoms with E-state index in [1.54, 1.807) is 0 Å². The third-order valence-corrected chi connectivity index (χ3v) is 4.17. The SMILES string of the molecule is Cc1noc(C)c1CN1CC(N2CCNCC2)C1. The molecule has 0 unspecified atom stereocenters. The molecule has 0 saturated carbocycles. The largest absolute Gasteiger partial charge is 0.361 e. The lowest BCUT2D eigenvalue weighted by Gasteiger charge is -2.46. The van der Waals surface area contributed by atoms with Crippen molar-refractivity contribution in [2.45, 2.75) is 26.4 Å². The van der Waals surface area contributed by atoms with E-state index in [2.05, 4.69) is 20.3 Å². The van der Waals surface area contributed by atoms with E-state index in [-0.39, 0.29) is 0 Å². The maximum Gasteiger partial charge on any atom is 0.138 e. The fourth-order valence-corrected chi connectivity index (χ4v) is 2.90. The zero-order valence-corrected chi connectivity index (χ0v) is 11.3. The molecule has 3 rings (SSSR count). The monoisotopic (exact) mass is 250 g/mol. The van der Waals surface area contributed by atoms with Crippen molar-refractivity contribution in [2.24, 2.45) is 0 Å². The van der Waals surface area contributed by atoms with Gasteiger partial charge in [0.15, 0.2) is 0 Å². The molecule has 0 radical (unpaired) electrons. The normalized spacial score (nSPS) is 23.2. The van der Waals surface area contributed by atoms with Gasteiger partial charge in [-0.2, -0.15) is 0 Å². The Morgan fingerprint density at radius 3 is 2.61 bits per heavy atom. The highest BCUT2D eigenvalue weighted by Gasteiger charge is 2.32. The number of nitrogens with zero attached hydrogens (tertiary/aromatic N) is 3. The van der Waals surface area contributed by atoms with Gasteiger partial charge in [0, 0.05) is 57.4 Å². The van der Waals surface area contributed by atoms with Crippen molar-refractivity contribution >= 4 is 0 Å². The van der Waals surface area contributed by atoms with Gasteiger partial charge in [-0.25, -0.2) is 0 Å². The molecule has 0 aromatic carbocycles. The van der Waals surface area contributed by atoms with Crippen LogP contribution in [0.2, 0.25) is 0 Å². The van der Waals surface area contributed by atoms with Crippen LogP contribution in [-0.2, 0) is 6.54 Å². The van der Waals surface area contributed by atoms with Crippen molar-refractivity contribution in [3.63, 3.8) is 0 Å². The van der Waals surface area contributed by atoms with Gasteiger partial charge >= 0.3 is 0 Å². The smallest absolute Gasteiger partial charge is 0.138 e. The molecular formula is C13H22N4O. The summed E-state index contributed by atoms with van der Waals surface area (Å²) in [5, 5.41) is 7.42. The molecule has 0 bridgehead atoms. The second-order valence-corrected chi connectivity index (χ2v) is 5.44. The topological polar surface area (TPSA) is 44.5 Å². The highest BCUT2D eigenvalue weighted by atomic mass is 16.5. The van der Waals surface area contributed by atoms with Gasteiger partial charge in [-0.3, -0.25) is 9.80 Å². The van der Waals surface area contributed by atoms with Crippen LogP contribution < -0.4 is 5.32 Å². The van der Waals surface area contributed by atoms with Crippen LogP contribution in [0.3, 0.4) is 0 Å². The van der Waals surface area contributed by atoms with E-state index >= 15 is 0 Å². The highest BCUT2D eigenvalue weighted by Crippen LogP contribution is 2.21. The molecular weight excluding hydrogens is 228 g/mol. The molecule has 0 amide bonds. The first-order chi connectivity index (χ1) is 8.74. The highest BCUT2D eigenvalue weighted by molar-refractivity contribution is 5.21. The average Bonchev–Trinajstić information content (AvgIpc) is 2.65. The Balaban J connectivity index is 1.50. The molecule has 5 nitrogen and oxygen atoms in total. The number of likely N-dealkylation sites (tertiary alicyclic amines) is 1. The fraction of sp³-hybridized carbons (Fsp3) is 0.769. The quantitative estimate of drug-likeness (QED) is 0.840. The molecule has 5 heteroatoms. The number of piperazine rings is 1. The second-order valence-electron chi connectivity index (χ2n) is 5.44. The third-order valence-electron chi connectivity index (χ3n) is 4.17. The number of nitrogens with one attached hydrogen (secondary N) is 1. The van der Waals surface area contributed by atoms with E-state index in [1.807, 2.05) is 13.8 Å². The minimum Gasteiger partial charge on any atom is -0.361 e. The van der Waals surface area contributed by atoms with Crippen LogP contribution in [0.15, 0.2) is 4.52 Å². The van der Waals surface area contributed by atoms with E-state index in [9.17, 15) is 0 Å². The molecule has 0 atom stereocenters. The minimum atomic E-state index is 0.757. The lowest BCUT2D eigenvalue weighted by molar-refractivity contribution is 0.0220. The van der Waals surface area contributed by atoms with Crippen LogP contribution in [0.25, 0.3) is 0 Å². The molecule has 18 heavy (non-hydrogen) atoms. The summed E-state index contributed by atoms with van der Waals surface area (Å²) in [5.74, 6) is 0.970. The van der Waals surface area contributed by atoms with E-state index in [0.717, 1.165) is 37.1 Å². The average molecular weight is 250 g/mol. The Bertz CT molecular complexity index is 386. The van der Waals surface area contributed by atoms with Crippen LogP contribution in [0.4, 0.5) is 0 Å². The zero-order chi connectivity index (χ0) is 12.5. The molecule has 0 spiro atoms.